The van der Waals surface area contributed by atoms with Gasteiger partial charge in [-0.05, 0) is 5.84 Å². The van der Waals surface area contributed by atoms with Crippen molar-refractivity contribution in [1.29, 1.82) is 0 Å². The van der Waals surface area contributed by atoms with E-state index in [4.69, 9.17) is 5.84 Å². The van der Waals surface area contributed by atoms with Crippen molar-refractivity contribution in [2.24, 2.45) is 5.73 Å². The van der Waals surface area contributed by atoms with Gasteiger partial charge in [-0.2, -0.15) is 0 Å². The summed E-state index contributed by atoms with van der Waals surface area (Å²) in [6, 6.07) is 0. The molecular weight excluding hydrogens is 82.0 g/mol. The lowest BCUT2D eigenvalue weighted by Gasteiger charge is -1.82. The molecule has 0 unspecified atom stereocenters. The Labute approximate surface area is 35.5 Å². The number of primary amides is 1. The van der Waals surface area contributed by atoms with Crippen molar-refractivity contribution >= 4 is 5.91 Å². The Balaban J connectivity index is 2.83. The first kappa shape index (κ1) is 5.39. The first-order chi connectivity index (χ1) is 2.77. The third kappa shape index (κ3) is 3.39. The van der Waals surface area contributed by atoms with Crippen LogP contribution in [0.4, 0.5) is 0 Å². The lowest BCUT2D eigenvalue weighted by molar-refractivity contribution is -0.117. The maximum absolute atomic E-state index is 9.60. The van der Waals surface area contributed by atoms with Crippen LogP contribution in [0.25, 0.3) is 0 Å². The van der Waals surface area contributed by atoms with Crippen LogP contribution in [0.15, 0.2) is 0 Å². The number of amides is 1. The molecular formula is C2H5N3O. The van der Waals surface area contributed by atoms with E-state index in [9.17, 15) is 4.79 Å². The van der Waals surface area contributed by atoms with Crippen LogP contribution in [0.3, 0.4) is 0 Å². The van der Waals surface area contributed by atoms with Crippen LogP contribution < -0.4 is 17.0 Å². The number of rotatable bonds is 2. The molecule has 0 aliphatic heterocycles. The monoisotopic (exact) mass is 87.0 g/mol. The van der Waals surface area contributed by atoms with Gasteiger partial charge in [-0.25, -0.2) is 5.43 Å². The van der Waals surface area contributed by atoms with E-state index in [0.717, 1.165) is 0 Å². The lowest BCUT2D eigenvalue weighted by atomic mass is 10.7. The maximum Gasteiger partial charge on any atom is 0.232 e. The average Bonchev–Trinajstić information content (AvgIpc) is 1.35. The van der Waals surface area contributed by atoms with E-state index in [1.54, 1.807) is 5.43 Å². The molecule has 0 spiro atoms. The molecule has 0 saturated carbocycles. The van der Waals surface area contributed by atoms with Crippen LogP contribution in [0.5, 0.6) is 0 Å². The number of nitrogens with one attached hydrogen (secondary N) is 1. The summed E-state index contributed by atoms with van der Waals surface area (Å²) < 4.78 is 0. The Morgan fingerprint density at radius 1 is 2.00 bits per heavy atom. The summed E-state index contributed by atoms with van der Waals surface area (Å²) in [4.78, 5) is 9.60. The van der Waals surface area contributed by atoms with Gasteiger partial charge in [0.15, 0.2) is 0 Å². The highest BCUT2D eigenvalue weighted by molar-refractivity contribution is 5.75. The van der Waals surface area contributed by atoms with Crippen LogP contribution in [-0.4, -0.2) is 12.5 Å². The quantitative estimate of drug-likeness (QED) is 0.384. The number of carbonyl (C=O) groups is 1. The smallest absolute Gasteiger partial charge is 0.232 e. The zero-order chi connectivity index (χ0) is 4.99. The van der Waals surface area contributed by atoms with E-state index in [1.807, 2.05) is 0 Å². The van der Waals surface area contributed by atoms with E-state index in [-0.39, 0.29) is 6.54 Å². The van der Waals surface area contributed by atoms with Crippen LogP contribution in [-0.2, 0) is 4.79 Å². The Hall–Kier alpha value is -0.610. The maximum atomic E-state index is 9.60. The van der Waals surface area contributed by atoms with Gasteiger partial charge in [0.05, 0.1) is 6.54 Å². The topological polar surface area (TPSA) is 77.4 Å². The Kier molecular flexibility index (Phi) is 2.35. The molecule has 4 nitrogen and oxygen atoms in total. The minimum absolute atomic E-state index is 0.181. The van der Waals surface area contributed by atoms with Gasteiger partial charge in [0.2, 0.25) is 5.91 Å². The van der Waals surface area contributed by atoms with Gasteiger partial charge in [-0.15, -0.1) is 0 Å². The number of carbonyl (C=O) groups excluding carboxylic acids is 1. The summed E-state index contributed by atoms with van der Waals surface area (Å²) in [7, 11) is 0. The molecule has 1 amide bonds. The largest absolute Gasteiger partial charge is 0.369 e. The second-order valence-electron chi connectivity index (χ2n) is 0.801. The Morgan fingerprint density at radius 2 is 2.50 bits per heavy atom. The molecule has 6 heavy (non-hydrogen) atoms. The molecule has 0 aromatic carbocycles. The van der Waals surface area contributed by atoms with E-state index in [1.165, 1.54) is 0 Å². The van der Waals surface area contributed by atoms with Crippen molar-refractivity contribution in [2.75, 3.05) is 6.54 Å². The minimum Gasteiger partial charge on any atom is -0.369 e. The highest BCUT2D eigenvalue weighted by Crippen LogP contribution is 1.43. The predicted molar refractivity (Wildman–Crippen MR) is 19.3 cm³/mol. The van der Waals surface area contributed by atoms with E-state index in [0.29, 0.717) is 0 Å². The van der Waals surface area contributed by atoms with Gasteiger partial charge in [0.25, 0.3) is 0 Å². The summed E-state index contributed by atoms with van der Waals surface area (Å²) in [5.74, 6) is 7.11. The second kappa shape index (κ2) is 2.62. The molecule has 0 aromatic heterocycles. The van der Waals surface area contributed by atoms with E-state index < -0.39 is 5.91 Å². The number of nitrogens with zero attached hydrogens (tertiary/aromatic N) is 1. The van der Waals surface area contributed by atoms with E-state index in [2.05, 4.69) is 5.73 Å². The molecule has 0 saturated heterocycles. The normalized spacial score (nSPS) is 8.17. The molecule has 0 aliphatic rings. The van der Waals surface area contributed by atoms with Crippen LogP contribution in [0, 0.1) is 0 Å². The third-order valence-electron chi connectivity index (χ3n) is 0.253. The average molecular weight is 87.1 g/mol. The van der Waals surface area contributed by atoms with Gasteiger partial charge in [-0.3, -0.25) is 4.79 Å². The molecule has 0 aliphatic carbocycles. The predicted octanol–water partition coefficient (Wildman–Crippen LogP) is -1.96. The first-order valence-corrected chi connectivity index (χ1v) is 1.42. The summed E-state index contributed by atoms with van der Waals surface area (Å²) in [6.45, 7) is -0.181. The van der Waals surface area contributed by atoms with Crippen LogP contribution in [0.1, 0.15) is 0 Å². The summed E-state index contributed by atoms with van der Waals surface area (Å²) in [5.41, 5.74) is 6.13. The Morgan fingerprint density at radius 3 is 2.50 bits per heavy atom. The number of hydrogen-bond donors (Lipinski definition) is 2. The van der Waals surface area contributed by atoms with Crippen molar-refractivity contribution in [3.63, 3.8) is 0 Å². The molecule has 2 radical (unpaired) electrons. The Bertz CT molecular complexity index is 52.8. The van der Waals surface area contributed by atoms with Gasteiger partial charge in [-0.1, -0.05) is 0 Å². The van der Waals surface area contributed by atoms with Crippen LogP contribution >= 0.6 is 0 Å². The molecule has 0 rings (SSSR count). The zero-order valence-electron chi connectivity index (χ0n) is 3.14. The highest BCUT2D eigenvalue weighted by atomic mass is 16.1. The summed E-state index contributed by atoms with van der Waals surface area (Å²) >= 11 is 0. The highest BCUT2D eigenvalue weighted by Gasteiger charge is 1.84. The van der Waals surface area contributed by atoms with Crippen molar-refractivity contribution in [3.8, 4) is 0 Å². The van der Waals surface area contributed by atoms with Crippen molar-refractivity contribution in [3.05, 3.63) is 0 Å². The molecule has 0 atom stereocenters. The molecule has 3 N–H and O–H groups in total. The van der Waals surface area contributed by atoms with Crippen molar-refractivity contribution in [1.82, 2.24) is 11.3 Å². The lowest BCUT2D eigenvalue weighted by Crippen LogP contribution is -2.26. The fourth-order valence-corrected chi connectivity index (χ4v) is 0.0779. The number of hydrogen-bond acceptors (Lipinski definition) is 2. The summed E-state index contributed by atoms with van der Waals surface area (Å²) in [6.07, 6.45) is 0. The van der Waals surface area contributed by atoms with Crippen LogP contribution in [0.2, 0.25) is 0 Å². The summed E-state index contributed by atoms with van der Waals surface area (Å²) in [5, 5.41) is 0. The standard InChI is InChI=1S/C2H5N3O/c3-2(6)1-5-4/h5H,1H2,(H2,3,6). The minimum atomic E-state index is -0.572. The second-order valence-corrected chi connectivity index (χ2v) is 0.801. The molecule has 0 heterocycles. The van der Waals surface area contributed by atoms with Gasteiger partial charge < -0.3 is 5.73 Å². The fraction of sp³-hybridized carbons (Fsp3) is 0.500. The molecule has 0 bridgehead atoms. The molecule has 0 fully saturated rings. The van der Waals surface area contributed by atoms with Crippen molar-refractivity contribution < 1.29 is 4.79 Å². The third-order valence-corrected chi connectivity index (χ3v) is 0.253. The zero-order valence-corrected chi connectivity index (χ0v) is 3.14. The van der Waals surface area contributed by atoms with Gasteiger partial charge in [0, 0.05) is 0 Å². The van der Waals surface area contributed by atoms with Gasteiger partial charge >= 0.3 is 0 Å². The fourth-order valence-electron chi connectivity index (χ4n) is 0.0779. The van der Waals surface area contributed by atoms with E-state index >= 15 is 0 Å². The molecule has 34 valence electrons. The van der Waals surface area contributed by atoms with Gasteiger partial charge in [0.1, 0.15) is 0 Å². The number of nitrogens with two attached hydrogens (primary N) is 1. The SMILES string of the molecule is [N]NCC(N)=O. The molecule has 4 heteroatoms. The molecule has 0 aromatic rings. The first-order valence-electron chi connectivity index (χ1n) is 1.42. The van der Waals surface area contributed by atoms with Crippen molar-refractivity contribution in [2.45, 2.75) is 0 Å².